The molecule has 0 bridgehead atoms. The van der Waals surface area contributed by atoms with E-state index in [2.05, 4.69) is 40.7 Å². The van der Waals surface area contributed by atoms with Crippen LogP contribution in [0, 0.1) is 6.92 Å². The van der Waals surface area contributed by atoms with E-state index in [0.29, 0.717) is 25.9 Å². The van der Waals surface area contributed by atoms with Crippen molar-refractivity contribution in [2.24, 2.45) is 0 Å². The molecule has 4 rings (SSSR count). The highest BCUT2D eigenvalue weighted by atomic mass is 16.2. The topological polar surface area (TPSA) is 68.1 Å². The van der Waals surface area contributed by atoms with Crippen molar-refractivity contribution in [1.82, 2.24) is 19.4 Å². The number of hydrogen-bond donors (Lipinski definition) is 0. The van der Waals surface area contributed by atoms with Gasteiger partial charge in [0.2, 0.25) is 5.91 Å². The third-order valence-electron chi connectivity index (χ3n) is 6.00. The number of carbonyl (C=O) groups is 2. The molecule has 1 fully saturated rings. The molecule has 0 N–H and O–H groups in total. The van der Waals surface area contributed by atoms with E-state index < -0.39 is 0 Å². The van der Waals surface area contributed by atoms with Crippen molar-refractivity contribution in [2.75, 3.05) is 13.1 Å². The molecule has 1 aliphatic rings. The third-order valence-corrected chi connectivity index (χ3v) is 6.00. The summed E-state index contributed by atoms with van der Waals surface area (Å²) >= 11 is 0. The summed E-state index contributed by atoms with van der Waals surface area (Å²) in [7, 11) is 0. The maximum Gasteiger partial charge on any atom is 0.223 e. The number of fused-ring (bicyclic) bond motifs is 1. The van der Waals surface area contributed by atoms with E-state index in [-0.39, 0.29) is 17.7 Å². The summed E-state index contributed by atoms with van der Waals surface area (Å²) in [6.45, 7) is 5.08. The smallest absolute Gasteiger partial charge is 0.223 e. The average Bonchev–Trinajstić information content (AvgIpc) is 3.11. The molecule has 1 aromatic carbocycles. The van der Waals surface area contributed by atoms with Gasteiger partial charge >= 0.3 is 0 Å². The number of ketones is 1. The fraction of sp³-hybridized carbons (Fsp3) is 0.417. The number of piperidine rings is 1. The lowest BCUT2D eigenvalue weighted by atomic mass is 10.0. The quantitative estimate of drug-likeness (QED) is 0.626. The number of aryl methyl sites for hydroxylation is 1. The normalized spacial score (nSPS) is 14.9. The van der Waals surface area contributed by atoms with Crippen LogP contribution in [0.1, 0.15) is 55.6 Å². The average molecular weight is 405 g/mol. The zero-order chi connectivity index (χ0) is 21.1. The minimum absolute atomic E-state index is 0.0649. The van der Waals surface area contributed by atoms with E-state index >= 15 is 0 Å². The predicted molar refractivity (Wildman–Crippen MR) is 116 cm³/mol. The van der Waals surface area contributed by atoms with E-state index in [1.807, 2.05) is 23.2 Å². The molecule has 0 saturated carbocycles. The molecule has 0 unspecified atom stereocenters. The first-order valence-corrected chi connectivity index (χ1v) is 10.7. The summed E-state index contributed by atoms with van der Waals surface area (Å²) in [5.74, 6) is 1.17. The van der Waals surface area contributed by atoms with Gasteiger partial charge in [0.05, 0.1) is 0 Å². The summed E-state index contributed by atoms with van der Waals surface area (Å²) in [6.07, 6.45) is 4.96. The molecule has 6 heteroatoms. The molecule has 0 radical (unpaired) electrons. The number of rotatable bonds is 6. The second-order valence-electron chi connectivity index (χ2n) is 8.16. The third kappa shape index (κ3) is 4.27. The number of imidazole rings is 1. The van der Waals surface area contributed by atoms with Gasteiger partial charge in [0.15, 0.2) is 5.65 Å². The second-order valence-corrected chi connectivity index (χ2v) is 8.16. The number of hydrogen-bond acceptors (Lipinski definition) is 4. The summed E-state index contributed by atoms with van der Waals surface area (Å²) in [5, 5.41) is 0. The van der Waals surface area contributed by atoms with Crippen molar-refractivity contribution >= 4 is 22.9 Å². The highest BCUT2D eigenvalue weighted by Gasteiger charge is 2.27. The largest absolute Gasteiger partial charge is 0.343 e. The first kappa shape index (κ1) is 20.3. The Bertz CT molecular complexity index is 1060. The summed E-state index contributed by atoms with van der Waals surface area (Å²) in [4.78, 5) is 35.0. The van der Waals surface area contributed by atoms with E-state index in [4.69, 9.17) is 4.98 Å². The molecule has 6 nitrogen and oxygen atoms in total. The van der Waals surface area contributed by atoms with Gasteiger partial charge in [-0.2, -0.15) is 0 Å². The van der Waals surface area contributed by atoms with Gasteiger partial charge in [-0.3, -0.25) is 4.79 Å². The first-order valence-electron chi connectivity index (χ1n) is 10.7. The standard InChI is InChI=1S/C24H28N4O2/c1-17-6-3-4-7-19(17)16-22-26-21-8-5-13-25-24(21)28(22)20-11-14-27(15-12-20)23(30)10-9-18(2)29/h3-8,13,20H,9-12,14-16H2,1-2H3. The van der Waals surface area contributed by atoms with Crippen LogP contribution in [0.3, 0.4) is 0 Å². The molecule has 1 aliphatic heterocycles. The van der Waals surface area contributed by atoms with E-state index in [1.54, 1.807) is 0 Å². The Morgan fingerprint density at radius 3 is 2.57 bits per heavy atom. The minimum atomic E-state index is 0.0649. The van der Waals surface area contributed by atoms with Crippen LogP contribution >= 0.6 is 0 Å². The Hall–Kier alpha value is -3.02. The van der Waals surface area contributed by atoms with Crippen LogP contribution in [-0.2, 0) is 16.0 Å². The van der Waals surface area contributed by atoms with Crippen molar-refractivity contribution in [2.45, 2.75) is 52.0 Å². The van der Waals surface area contributed by atoms with Crippen LogP contribution < -0.4 is 0 Å². The van der Waals surface area contributed by atoms with Gasteiger partial charge < -0.3 is 14.3 Å². The fourth-order valence-corrected chi connectivity index (χ4v) is 4.28. The Balaban J connectivity index is 1.56. The minimum Gasteiger partial charge on any atom is -0.343 e. The zero-order valence-corrected chi connectivity index (χ0v) is 17.7. The lowest BCUT2D eigenvalue weighted by Gasteiger charge is -2.33. The highest BCUT2D eigenvalue weighted by molar-refractivity contribution is 5.83. The van der Waals surface area contributed by atoms with Crippen LogP contribution in [0.2, 0.25) is 0 Å². The highest BCUT2D eigenvalue weighted by Crippen LogP contribution is 2.29. The Morgan fingerprint density at radius 2 is 1.83 bits per heavy atom. The number of amides is 1. The molecular formula is C24H28N4O2. The molecule has 3 aromatic rings. The van der Waals surface area contributed by atoms with Crippen LogP contribution in [0.15, 0.2) is 42.6 Å². The number of nitrogens with zero attached hydrogens (tertiary/aromatic N) is 4. The van der Waals surface area contributed by atoms with Crippen molar-refractivity contribution in [1.29, 1.82) is 0 Å². The Labute approximate surface area is 176 Å². The second kappa shape index (κ2) is 8.78. The van der Waals surface area contributed by atoms with Crippen molar-refractivity contribution in [3.8, 4) is 0 Å². The van der Waals surface area contributed by atoms with E-state index in [0.717, 1.165) is 36.3 Å². The summed E-state index contributed by atoms with van der Waals surface area (Å²) in [6, 6.07) is 12.6. The molecule has 1 saturated heterocycles. The van der Waals surface area contributed by atoms with Crippen molar-refractivity contribution in [3.05, 3.63) is 59.5 Å². The molecule has 0 atom stereocenters. The number of Topliss-reactive ketones (excluding diaryl/α,β-unsaturated/α-hetero) is 1. The molecular weight excluding hydrogens is 376 g/mol. The van der Waals surface area contributed by atoms with E-state index in [9.17, 15) is 9.59 Å². The van der Waals surface area contributed by atoms with Crippen LogP contribution in [-0.4, -0.2) is 44.2 Å². The van der Waals surface area contributed by atoms with Crippen molar-refractivity contribution in [3.63, 3.8) is 0 Å². The molecule has 30 heavy (non-hydrogen) atoms. The number of benzene rings is 1. The SMILES string of the molecule is CC(=O)CCC(=O)N1CCC(n2c(Cc3ccccc3C)nc3cccnc32)CC1. The van der Waals surface area contributed by atoms with Gasteiger partial charge in [-0.05, 0) is 49.9 Å². The zero-order valence-electron chi connectivity index (χ0n) is 17.7. The molecule has 2 aromatic heterocycles. The molecule has 0 aliphatic carbocycles. The Morgan fingerprint density at radius 1 is 1.07 bits per heavy atom. The van der Waals surface area contributed by atoms with Gasteiger partial charge in [-0.25, -0.2) is 9.97 Å². The van der Waals surface area contributed by atoms with Crippen molar-refractivity contribution < 1.29 is 9.59 Å². The molecule has 1 amide bonds. The predicted octanol–water partition coefficient (Wildman–Crippen LogP) is 3.86. The monoisotopic (exact) mass is 404 g/mol. The first-order chi connectivity index (χ1) is 14.5. The van der Waals surface area contributed by atoms with Gasteiger partial charge in [-0.15, -0.1) is 0 Å². The molecule has 156 valence electrons. The molecule has 0 spiro atoms. The number of aromatic nitrogens is 3. The summed E-state index contributed by atoms with van der Waals surface area (Å²) in [5.41, 5.74) is 4.37. The van der Waals surface area contributed by atoms with Gasteiger partial charge in [0.1, 0.15) is 17.1 Å². The molecule has 3 heterocycles. The van der Waals surface area contributed by atoms with Crippen LogP contribution in [0.5, 0.6) is 0 Å². The van der Waals surface area contributed by atoms with Gasteiger partial charge in [0, 0.05) is 44.6 Å². The Kier molecular flexibility index (Phi) is 5.93. The lowest BCUT2D eigenvalue weighted by Crippen LogP contribution is -2.39. The fourth-order valence-electron chi connectivity index (χ4n) is 4.28. The summed E-state index contributed by atoms with van der Waals surface area (Å²) < 4.78 is 2.29. The number of pyridine rings is 1. The van der Waals surface area contributed by atoms with Crippen LogP contribution in [0.4, 0.5) is 0 Å². The van der Waals surface area contributed by atoms with Crippen LogP contribution in [0.25, 0.3) is 11.2 Å². The van der Waals surface area contributed by atoms with Gasteiger partial charge in [-0.1, -0.05) is 24.3 Å². The van der Waals surface area contributed by atoms with Gasteiger partial charge in [0.25, 0.3) is 0 Å². The number of carbonyl (C=O) groups excluding carboxylic acids is 2. The maximum absolute atomic E-state index is 12.4. The van der Waals surface area contributed by atoms with E-state index in [1.165, 1.54) is 18.1 Å². The maximum atomic E-state index is 12.4. The number of likely N-dealkylation sites (tertiary alicyclic amines) is 1. The lowest BCUT2D eigenvalue weighted by molar-refractivity contribution is -0.134.